The van der Waals surface area contributed by atoms with E-state index < -0.39 is 0 Å². The van der Waals surface area contributed by atoms with Crippen LogP contribution in [0.2, 0.25) is 0 Å². The molecule has 0 radical (unpaired) electrons. The highest BCUT2D eigenvalue weighted by atomic mass is 32.2. The molecule has 0 spiro atoms. The molecule has 0 aliphatic rings. The SMILES string of the molecule is COc1cccc(Sc2nc3ccc(N)cc3[nH]2)c1. The Labute approximate surface area is 115 Å². The van der Waals surface area contributed by atoms with Crippen molar-refractivity contribution < 1.29 is 4.74 Å². The van der Waals surface area contributed by atoms with Crippen molar-refractivity contribution in [2.24, 2.45) is 0 Å². The van der Waals surface area contributed by atoms with Gasteiger partial charge < -0.3 is 15.5 Å². The molecule has 4 nitrogen and oxygen atoms in total. The highest BCUT2D eigenvalue weighted by Crippen LogP contribution is 2.29. The lowest BCUT2D eigenvalue weighted by Crippen LogP contribution is -1.82. The van der Waals surface area contributed by atoms with E-state index >= 15 is 0 Å². The standard InChI is InChI=1S/C14H13N3OS/c1-18-10-3-2-4-11(8-10)19-14-16-12-6-5-9(15)7-13(12)17-14/h2-8H,15H2,1H3,(H,16,17). The summed E-state index contributed by atoms with van der Waals surface area (Å²) >= 11 is 1.56. The number of H-pyrrole nitrogens is 1. The lowest BCUT2D eigenvalue weighted by Gasteiger charge is -2.01. The van der Waals surface area contributed by atoms with Crippen molar-refractivity contribution >= 4 is 28.5 Å². The normalized spacial score (nSPS) is 10.8. The summed E-state index contributed by atoms with van der Waals surface area (Å²) in [4.78, 5) is 8.84. The van der Waals surface area contributed by atoms with Crippen LogP contribution in [0.3, 0.4) is 0 Å². The minimum absolute atomic E-state index is 0.731. The van der Waals surface area contributed by atoms with E-state index in [0.717, 1.165) is 32.5 Å². The molecule has 0 bridgehead atoms. The quantitative estimate of drug-likeness (QED) is 0.717. The number of aromatic nitrogens is 2. The van der Waals surface area contributed by atoms with Crippen LogP contribution in [0.5, 0.6) is 5.75 Å². The maximum Gasteiger partial charge on any atom is 0.171 e. The molecule has 2 aromatic carbocycles. The van der Waals surface area contributed by atoms with Gasteiger partial charge in [0.1, 0.15) is 5.75 Å². The van der Waals surface area contributed by atoms with Crippen LogP contribution in [0, 0.1) is 0 Å². The van der Waals surface area contributed by atoms with Gasteiger partial charge in [0.15, 0.2) is 5.16 Å². The molecule has 1 heterocycles. The Kier molecular flexibility index (Phi) is 3.05. The maximum absolute atomic E-state index is 5.75. The van der Waals surface area contributed by atoms with E-state index in [-0.39, 0.29) is 0 Å². The number of hydrogen-bond acceptors (Lipinski definition) is 4. The fraction of sp³-hybridized carbons (Fsp3) is 0.0714. The van der Waals surface area contributed by atoms with Crippen LogP contribution in [0.25, 0.3) is 11.0 Å². The molecular weight excluding hydrogens is 258 g/mol. The van der Waals surface area contributed by atoms with Crippen LogP contribution in [0.1, 0.15) is 0 Å². The van der Waals surface area contributed by atoms with E-state index in [1.807, 2.05) is 42.5 Å². The molecule has 3 aromatic rings. The van der Waals surface area contributed by atoms with Crippen LogP contribution in [-0.4, -0.2) is 17.1 Å². The average molecular weight is 271 g/mol. The number of rotatable bonds is 3. The first kappa shape index (κ1) is 11.9. The maximum atomic E-state index is 5.75. The van der Waals surface area contributed by atoms with Crippen molar-refractivity contribution in [2.45, 2.75) is 10.1 Å². The Balaban J connectivity index is 1.92. The van der Waals surface area contributed by atoms with Gasteiger partial charge in [0, 0.05) is 10.6 Å². The summed E-state index contributed by atoms with van der Waals surface area (Å²) in [7, 11) is 1.66. The Bertz CT molecular complexity index is 724. The predicted molar refractivity (Wildman–Crippen MR) is 77.6 cm³/mol. The summed E-state index contributed by atoms with van der Waals surface area (Å²) in [5, 5.41) is 0.842. The molecule has 1 aromatic heterocycles. The zero-order valence-corrected chi connectivity index (χ0v) is 11.2. The van der Waals surface area contributed by atoms with Gasteiger partial charge >= 0.3 is 0 Å². The number of nitrogen functional groups attached to an aromatic ring is 1. The zero-order chi connectivity index (χ0) is 13.2. The van der Waals surface area contributed by atoms with Crippen molar-refractivity contribution in [1.82, 2.24) is 9.97 Å². The molecular formula is C14H13N3OS. The van der Waals surface area contributed by atoms with E-state index in [9.17, 15) is 0 Å². The highest BCUT2D eigenvalue weighted by Gasteiger charge is 2.05. The fourth-order valence-corrected chi connectivity index (χ4v) is 2.68. The fourth-order valence-electron chi connectivity index (χ4n) is 1.83. The second-order valence-corrected chi connectivity index (χ2v) is 5.16. The van der Waals surface area contributed by atoms with Gasteiger partial charge in [-0.25, -0.2) is 4.98 Å². The van der Waals surface area contributed by atoms with Crippen LogP contribution >= 0.6 is 11.8 Å². The number of fused-ring (bicyclic) bond motifs is 1. The molecule has 3 rings (SSSR count). The predicted octanol–water partition coefficient (Wildman–Crippen LogP) is 3.30. The van der Waals surface area contributed by atoms with Crippen molar-refractivity contribution in [2.75, 3.05) is 12.8 Å². The van der Waals surface area contributed by atoms with Gasteiger partial charge in [-0.3, -0.25) is 0 Å². The molecule has 0 unspecified atom stereocenters. The van der Waals surface area contributed by atoms with Gasteiger partial charge in [0.05, 0.1) is 18.1 Å². The number of nitrogens with zero attached hydrogens (tertiary/aromatic N) is 1. The number of nitrogens with one attached hydrogen (secondary N) is 1. The van der Waals surface area contributed by atoms with Crippen molar-refractivity contribution in [3.8, 4) is 5.75 Å². The van der Waals surface area contributed by atoms with Gasteiger partial charge in [-0.15, -0.1) is 0 Å². The summed E-state index contributed by atoms with van der Waals surface area (Å²) in [5.41, 5.74) is 8.35. The van der Waals surface area contributed by atoms with Crippen molar-refractivity contribution in [3.63, 3.8) is 0 Å². The molecule has 19 heavy (non-hydrogen) atoms. The Morgan fingerprint density at radius 2 is 2.11 bits per heavy atom. The summed E-state index contributed by atoms with van der Waals surface area (Å²) < 4.78 is 5.21. The zero-order valence-electron chi connectivity index (χ0n) is 10.4. The van der Waals surface area contributed by atoms with Gasteiger partial charge in [0.25, 0.3) is 0 Å². The summed E-state index contributed by atoms with van der Waals surface area (Å²) in [6.45, 7) is 0. The molecule has 0 amide bonds. The van der Waals surface area contributed by atoms with Crippen molar-refractivity contribution in [1.29, 1.82) is 0 Å². The monoisotopic (exact) mass is 271 g/mol. The molecule has 0 aliphatic carbocycles. The minimum atomic E-state index is 0.731. The molecule has 0 aliphatic heterocycles. The summed E-state index contributed by atoms with van der Waals surface area (Å²) in [6.07, 6.45) is 0. The number of nitrogens with two attached hydrogens (primary N) is 1. The first-order valence-electron chi connectivity index (χ1n) is 5.82. The summed E-state index contributed by atoms with van der Waals surface area (Å²) in [6, 6.07) is 13.5. The van der Waals surface area contributed by atoms with Crippen molar-refractivity contribution in [3.05, 3.63) is 42.5 Å². The van der Waals surface area contributed by atoms with E-state index in [1.165, 1.54) is 0 Å². The molecule has 0 saturated carbocycles. The number of methoxy groups -OCH3 is 1. The number of ether oxygens (including phenoxy) is 1. The molecule has 0 fully saturated rings. The van der Waals surface area contributed by atoms with Gasteiger partial charge in [-0.2, -0.15) is 0 Å². The van der Waals surface area contributed by atoms with E-state index in [2.05, 4.69) is 9.97 Å². The number of aromatic amines is 1. The number of hydrogen-bond donors (Lipinski definition) is 2. The smallest absolute Gasteiger partial charge is 0.171 e. The Hall–Kier alpha value is -2.14. The lowest BCUT2D eigenvalue weighted by molar-refractivity contribution is 0.413. The van der Waals surface area contributed by atoms with E-state index in [0.29, 0.717) is 0 Å². The minimum Gasteiger partial charge on any atom is -0.497 e. The number of imidazole rings is 1. The third-order valence-electron chi connectivity index (χ3n) is 2.74. The van der Waals surface area contributed by atoms with Crippen LogP contribution in [0.15, 0.2) is 52.5 Å². The van der Waals surface area contributed by atoms with E-state index in [1.54, 1.807) is 18.9 Å². The Morgan fingerprint density at radius 3 is 2.95 bits per heavy atom. The second-order valence-electron chi connectivity index (χ2n) is 4.10. The van der Waals surface area contributed by atoms with Crippen LogP contribution < -0.4 is 10.5 Å². The lowest BCUT2D eigenvalue weighted by atomic mass is 10.3. The van der Waals surface area contributed by atoms with Crippen LogP contribution in [-0.2, 0) is 0 Å². The average Bonchev–Trinajstić information content (AvgIpc) is 2.80. The van der Waals surface area contributed by atoms with Gasteiger partial charge in [-0.1, -0.05) is 17.8 Å². The Morgan fingerprint density at radius 1 is 1.21 bits per heavy atom. The third-order valence-corrected chi connectivity index (χ3v) is 3.62. The van der Waals surface area contributed by atoms with Gasteiger partial charge in [-0.05, 0) is 36.4 Å². The molecule has 0 saturated heterocycles. The second kappa shape index (κ2) is 4.85. The first-order valence-corrected chi connectivity index (χ1v) is 6.63. The largest absolute Gasteiger partial charge is 0.497 e. The van der Waals surface area contributed by atoms with Gasteiger partial charge in [0.2, 0.25) is 0 Å². The molecule has 3 N–H and O–H groups in total. The number of benzene rings is 2. The highest BCUT2D eigenvalue weighted by molar-refractivity contribution is 7.99. The van der Waals surface area contributed by atoms with E-state index in [4.69, 9.17) is 10.5 Å². The molecule has 5 heteroatoms. The topological polar surface area (TPSA) is 63.9 Å². The number of anilines is 1. The third kappa shape index (κ3) is 2.51. The summed E-state index contributed by atoms with van der Waals surface area (Å²) in [5.74, 6) is 0.838. The first-order chi connectivity index (χ1) is 9.24. The van der Waals surface area contributed by atoms with Crippen LogP contribution in [0.4, 0.5) is 5.69 Å². The molecule has 96 valence electrons. The molecule has 0 atom stereocenters.